The Morgan fingerprint density at radius 1 is 0.560 bits per heavy atom. The van der Waals surface area contributed by atoms with Crippen molar-refractivity contribution >= 4 is 51.8 Å². The van der Waals surface area contributed by atoms with Crippen LogP contribution in [-0.4, -0.2) is 129 Å². The first kappa shape index (κ1) is 50.4. The maximum atomic E-state index is 14.3. The van der Waals surface area contributed by atoms with Gasteiger partial charge >= 0.3 is 0 Å². The van der Waals surface area contributed by atoms with Crippen molar-refractivity contribution in [2.45, 2.75) is 32.7 Å². The van der Waals surface area contributed by atoms with Crippen molar-refractivity contribution in [1.29, 1.82) is 0 Å². The molecular weight excluding hydrogens is 951 g/mol. The molecule has 2 aromatic heterocycles. The number of nitrogen functional groups attached to an aromatic ring is 2. The summed E-state index contributed by atoms with van der Waals surface area (Å²) in [5.74, 6) is -1.10. The zero-order chi connectivity index (χ0) is 52.2. The molecule has 6 aromatic carbocycles. The highest BCUT2D eigenvalue weighted by Gasteiger charge is 2.29. The largest absolute Gasteiger partial charge is 0.368 e. The maximum Gasteiger partial charge on any atom is 0.273 e. The van der Waals surface area contributed by atoms with Crippen LogP contribution in [-0.2, 0) is 32.7 Å². The summed E-state index contributed by atoms with van der Waals surface area (Å²) >= 11 is 0. The van der Waals surface area contributed by atoms with Crippen molar-refractivity contribution in [2.24, 2.45) is 0 Å². The molecule has 0 spiro atoms. The van der Waals surface area contributed by atoms with E-state index >= 15 is 0 Å². The highest BCUT2D eigenvalue weighted by atomic mass is 19.1. The average Bonchev–Trinajstić information content (AvgIpc) is 4.07. The first-order valence-corrected chi connectivity index (χ1v) is 25.1. The SMILES string of the molecule is CN1CCN(Cc2cc(F)ccc2-c2ccc3nc(N)nc(C(=O)N4Cc5ccccc5C4)c3c2)CC1.CN1CCNCC1.Nc1nc(C(=O)N2Cc3ccccc3C2)c2cc(-c3ccc(F)cc3C=O)ccc2n1. The fraction of sp³-hybridized carbons (Fsp3) is 0.259. The van der Waals surface area contributed by atoms with E-state index in [1.165, 1.54) is 37.4 Å². The third-order valence-electron chi connectivity index (χ3n) is 14.2. The van der Waals surface area contributed by atoms with E-state index in [1.54, 1.807) is 34.1 Å². The molecule has 2 saturated heterocycles. The van der Waals surface area contributed by atoms with Crippen molar-refractivity contribution in [1.82, 2.24) is 49.8 Å². The molecule has 0 atom stereocenters. The molecular formula is C58H58F2N12O3. The molecule has 12 rings (SSSR count). The van der Waals surface area contributed by atoms with Gasteiger partial charge in [0.15, 0.2) is 6.29 Å². The van der Waals surface area contributed by atoms with E-state index in [-0.39, 0.29) is 40.8 Å². The number of benzene rings is 6. The minimum Gasteiger partial charge on any atom is -0.368 e. The second-order valence-electron chi connectivity index (χ2n) is 19.5. The number of carbonyl (C=O) groups excluding carboxylic acids is 3. The Kier molecular flexibility index (Phi) is 14.9. The monoisotopic (exact) mass is 1010 g/mol. The summed E-state index contributed by atoms with van der Waals surface area (Å²) in [6.45, 7) is 11.3. The Hall–Kier alpha value is -8.09. The number of anilines is 2. The second-order valence-corrected chi connectivity index (χ2v) is 19.5. The zero-order valence-corrected chi connectivity index (χ0v) is 42.0. The molecule has 17 heteroatoms. The van der Waals surface area contributed by atoms with E-state index in [4.69, 9.17) is 11.5 Å². The number of nitrogens with one attached hydrogen (secondary N) is 1. The number of halogens is 2. The highest BCUT2D eigenvalue weighted by Crippen LogP contribution is 2.33. The van der Waals surface area contributed by atoms with Crippen LogP contribution >= 0.6 is 0 Å². The van der Waals surface area contributed by atoms with Crippen molar-refractivity contribution in [2.75, 3.05) is 77.9 Å². The van der Waals surface area contributed by atoms with E-state index < -0.39 is 5.82 Å². The molecule has 2 fully saturated rings. The third kappa shape index (κ3) is 11.4. The molecule has 0 unspecified atom stereocenters. The van der Waals surface area contributed by atoms with Gasteiger partial charge in [-0.05, 0) is 113 Å². The van der Waals surface area contributed by atoms with E-state index in [2.05, 4.69) is 54.0 Å². The van der Waals surface area contributed by atoms with Crippen molar-refractivity contribution in [3.05, 3.63) is 178 Å². The van der Waals surface area contributed by atoms with Crippen molar-refractivity contribution in [3.8, 4) is 22.3 Å². The Balaban J connectivity index is 0.000000153. The number of nitrogens with two attached hydrogens (primary N) is 2. The highest BCUT2D eigenvalue weighted by molar-refractivity contribution is 6.07. The lowest BCUT2D eigenvalue weighted by atomic mass is 9.97. The van der Waals surface area contributed by atoms with Gasteiger partial charge in [-0.2, -0.15) is 0 Å². The summed E-state index contributed by atoms with van der Waals surface area (Å²) in [5.41, 5.74) is 22.2. The van der Waals surface area contributed by atoms with E-state index in [0.29, 0.717) is 77.6 Å². The van der Waals surface area contributed by atoms with Crippen LogP contribution in [0.5, 0.6) is 0 Å². The van der Waals surface area contributed by atoms with Crippen molar-refractivity contribution < 1.29 is 23.2 Å². The van der Waals surface area contributed by atoms with Gasteiger partial charge < -0.3 is 36.4 Å². The lowest BCUT2D eigenvalue weighted by Crippen LogP contribution is -2.43. The minimum absolute atomic E-state index is 0.00988. The summed E-state index contributed by atoms with van der Waals surface area (Å²) in [7, 11) is 4.27. The molecule has 0 saturated carbocycles. The molecule has 4 aliphatic rings. The number of fused-ring (bicyclic) bond motifs is 4. The van der Waals surface area contributed by atoms with Gasteiger partial charge in [-0.3, -0.25) is 19.3 Å². The van der Waals surface area contributed by atoms with Gasteiger partial charge in [-0.15, -0.1) is 0 Å². The zero-order valence-electron chi connectivity index (χ0n) is 42.0. The van der Waals surface area contributed by atoms with Crippen LogP contribution in [0.2, 0.25) is 0 Å². The molecule has 8 aromatic rings. The number of piperazine rings is 2. The number of nitrogens with zero attached hydrogens (tertiary/aromatic N) is 9. The number of aromatic nitrogens is 4. The smallest absolute Gasteiger partial charge is 0.273 e. The van der Waals surface area contributed by atoms with Gasteiger partial charge in [0.1, 0.15) is 23.0 Å². The molecule has 0 bridgehead atoms. The Morgan fingerprint density at radius 2 is 1.01 bits per heavy atom. The van der Waals surface area contributed by atoms with Crippen LogP contribution < -0.4 is 16.8 Å². The summed E-state index contributed by atoms with van der Waals surface area (Å²) in [6.07, 6.45) is 0.607. The molecule has 382 valence electrons. The van der Waals surface area contributed by atoms with Gasteiger partial charge in [0.2, 0.25) is 11.9 Å². The molecule has 5 N–H and O–H groups in total. The van der Waals surface area contributed by atoms with Crippen LogP contribution in [0.4, 0.5) is 20.7 Å². The van der Waals surface area contributed by atoms with Gasteiger partial charge in [-0.25, -0.2) is 28.7 Å². The van der Waals surface area contributed by atoms with Gasteiger partial charge in [0.05, 0.1) is 11.0 Å². The first-order valence-electron chi connectivity index (χ1n) is 25.1. The molecule has 4 aliphatic heterocycles. The van der Waals surface area contributed by atoms with Crippen LogP contribution in [0, 0.1) is 11.6 Å². The summed E-state index contributed by atoms with van der Waals surface area (Å²) in [4.78, 5) is 66.2. The van der Waals surface area contributed by atoms with E-state index in [9.17, 15) is 23.2 Å². The predicted octanol–water partition coefficient (Wildman–Crippen LogP) is 7.43. The molecule has 0 aliphatic carbocycles. The first-order chi connectivity index (χ1) is 36.4. The lowest BCUT2D eigenvalue weighted by molar-refractivity contribution is 0.0741. The summed E-state index contributed by atoms with van der Waals surface area (Å²) in [5, 5.41) is 4.44. The molecule has 0 radical (unpaired) electrons. The number of rotatable bonds is 7. The Bertz CT molecular complexity index is 3400. The maximum absolute atomic E-state index is 14.3. The van der Waals surface area contributed by atoms with E-state index in [1.807, 2.05) is 72.8 Å². The fourth-order valence-electron chi connectivity index (χ4n) is 10.1. The standard InChI is InChI=1S/C29H29FN6O.C24H17FN4O2.C5H12N2/c1-34-10-12-35(13-11-34)16-22-14-23(30)7-8-24(22)19-6-9-26-25(15-19)27(33-29(31)32-26)28(37)36-17-20-4-2-3-5-21(20)18-36;25-18-6-7-19(17(9-18)13-30)14-5-8-21-20(10-14)22(28-24(26)27-21)23(31)29-11-15-3-1-2-4-16(15)12-29;1-7-4-2-6-3-5-7/h2-9,14-15H,10-13,16-18H2,1H3,(H2,31,32,33);1-10,13H,11-12H2,(H2,26,27,28);6H,2-5H2,1H3. The Labute approximate surface area is 433 Å². The van der Waals surface area contributed by atoms with Crippen molar-refractivity contribution in [3.63, 3.8) is 0 Å². The normalized spacial score (nSPS) is 15.7. The van der Waals surface area contributed by atoms with Gasteiger partial charge in [0.25, 0.3) is 11.8 Å². The summed E-state index contributed by atoms with van der Waals surface area (Å²) in [6, 6.07) is 35.9. The molecule has 15 nitrogen and oxygen atoms in total. The number of aldehydes is 1. The van der Waals surface area contributed by atoms with Crippen LogP contribution in [0.15, 0.2) is 121 Å². The number of hydrogen-bond acceptors (Lipinski definition) is 13. The molecule has 2 amide bonds. The summed E-state index contributed by atoms with van der Waals surface area (Å²) < 4.78 is 27.9. The number of hydrogen-bond donors (Lipinski definition) is 3. The number of carbonyl (C=O) groups is 3. The Morgan fingerprint density at radius 3 is 1.48 bits per heavy atom. The molecule has 6 heterocycles. The molecule has 75 heavy (non-hydrogen) atoms. The topological polar surface area (TPSA) is 183 Å². The van der Waals surface area contributed by atoms with Crippen LogP contribution in [0.3, 0.4) is 0 Å². The van der Waals surface area contributed by atoms with E-state index in [0.717, 1.165) is 78.2 Å². The predicted molar refractivity (Wildman–Crippen MR) is 287 cm³/mol. The number of likely N-dealkylation sites (N-methyl/N-ethyl adjacent to an activating group) is 2. The minimum atomic E-state index is -0.493. The van der Waals surface area contributed by atoms with Crippen LogP contribution in [0.25, 0.3) is 44.1 Å². The third-order valence-corrected chi connectivity index (χ3v) is 14.2. The van der Waals surface area contributed by atoms with Gasteiger partial charge in [-0.1, -0.05) is 72.8 Å². The fourth-order valence-corrected chi connectivity index (χ4v) is 10.1. The quantitative estimate of drug-likeness (QED) is 0.134. The van der Waals surface area contributed by atoms with Gasteiger partial charge in [0, 0.05) is 101 Å². The number of amides is 2. The second kappa shape index (κ2) is 22.2. The van der Waals surface area contributed by atoms with Crippen LogP contribution in [0.1, 0.15) is 59.2 Å². The lowest BCUT2D eigenvalue weighted by Gasteiger charge is -2.32. The average molecular weight is 1010 g/mol.